The van der Waals surface area contributed by atoms with E-state index < -0.39 is 52.9 Å². The van der Waals surface area contributed by atoms with Gasteiger partial charge in [0.05, 0.1) is 6.61 Å². The maximum Gasteiger partial charge on any atom is 0.483 e. The van der Waals surface area contributed by atoms with E-state index in [2.05, 4.69) is 8.83 Å². The quantitative estimate of drug-likeness (QED) is 0.202. The molecule has 0 aromatic rings. The van der Waals surface area contributed by atoms with Crippen LogP contribution in [0.1, 0.15) is 6.42 Å². The summed E-state index contributed by atoms with van der Waals surface area (Å²) in [4.78, 5) is 25.9. The van der Waals surface area contributed by atoms with Crippen LogP contribution < -0.4 is 5.73 Å². The van der Waals surface area contributed by atoms with E-state index in [-0.39, 0.29) is 0 Å². The first kappa shape index (κ1) is 18.1. The molecule has 0 aliphatic carbocycles. The van der Waals surface area contributed by atoms with E-state index in [4.69, 9.17) is 30.3 Å². The smallest absolute Gasteiger partial charge is 0.393 e. The number of phosphoric acid groups is 2. The van der Waals surface area contributed by atoms with Crippen LogP contribution >= 0.6 is 15.6 Å². The van der Waals surface area contributed by atoms with Gasteiger partial charge in [0.2, 0.25) is 0 Å². The number of aliphatic hydroxyl groups is 3. The summed E-state index contributed by atoms with van der Waals surface area (Å²) in [5.74, 6) is 0. The molecule has 1 unspecified atom stereocenters. The molecule has 0 aromatic carbocycles. The molecule has 0 bridgehead atoms. The standard InChI is InChI=1S/C6H15NO11P2/c7-6(10)3(9)1-5(16-4(6)2-8)17-20(14,15)18-19(11,12)13/h3-5,8-10H,1-2,7H2,(H,14,15)(H2,11,12,13)/t3-,4-,5-,6+/m1/s1. The number of rotatable bonds is 5. The molecule has 1 heterocycles. The molecule has 5 atom stereocenters. The minimum absolute atomic E-state index is 0.599. The van der Waals surface area contributed by atoms with Crippen molar-refractivity contribution in [1.82, 2.24) is 0 Å². The molecule has 0 radical (unpaired) electrons. The van der Waals surface area contributed by atoms with Gasteiger partial charge >= 0.3 is 15.6 Å². The van der Waals surface area contributed by atoms with Gasteiger partial charge < -0.3 is 34.7 Å². The SMILES string of the molecule is N[C@]1(O)[C@H](O)C[C@@H](OP(=O)(O)OP(=O)(O)O)O[C@@H]1CO. The molecule has 14 heteroatoms. The highest BCUT2D eigenvalue weighted by molar-refractivity contribution is 7.60. The number of ether oxygens (including phenoxy) is 1. The summed E-state index contributed by atoms with van der Waals surface area (Å²) in [6, 6.07) is 0. The monoisotopic (exact) mass is 339 g/mol. The van der Waals surface area contributed by atoms with Crippen LogP contribution in [-0.2, 0) is 22.7 Å². The van der Waals surface area contributed by atoms with Gasteiger partial charge in [0.15, 0.2) is 12.0 Å². The summed E-state index contributed by atoms with van der Waals surface area (Å²) < 4.78 is 34.3. The van der Waals surface area contributed by atoms with Gasteiger partial charge in [0.25, 0.3) is 0 Å². The lowest BCUT2D eigenvalue weighted by molar-refractivity contribution is -0.273. The van der Waals surface area contributed by atoms with Gasteiger partial charge in [-0.25, -0.2) is 9.13 Å². The molecule has 20 heavy (non-hydrogen) atoms. The van der Waals surface area contributed by atoms with E-state index in [1.807, 2.05) is 0 Å². The van der Waals surface area contributed by atoms with Crippen molar-refractivity contribution in [1.29, 1.82) is 0 Å². The van der Waals surface area contributed by atoms with Crippen molar-refractivity contribution in [2.24, 2.45) is 5.73 Å². The highest BCUT2D eigenvalue weighted by Gasteiger charge is 2.49. The van der Waals surface area contributed by atoms with Gasteiger partial charge in [-0.3, -0.25) is 10.3 Å². The number of phosphoric ester groups is 1. The van der Waals surface area contributed by atoms with Crippen LogP contribution in [0.3, 0.4) is 0 Å². The highest BCUT2D eigenvalue weighted by atomic mass is 31.3. The van der Waals surface area contributed by atoms with Crippen LogP contribution in [-0.4, -0.2) is 60.8 Å². The number of nitrogens with two attached hydrogens (primary N) is 1. The molecule has 0 spiro atoms. The van der Waals surface area contributed by atoms with Crippen LogP contribution in [0.2, 0.25) is 0 Å². The minimum Gasteiger partial charge on any atom is -0.393 e. The fourth-order valence-electron chi connectivity index (χ4n) is 1.49. The molecule has 120 valence electrons. The lowest BCUT2D eigenvalue weighted by Gasteiger charge is -2.42. The zero-order valence-electron chi connectivity index (χ0n) is 9.84. The van der Waals surface area contributed by atoms with E-state index >= 15 is 0 Å². The first-order chi connectivity index (χ1) is 8.87. The van der Waals surface area contributed by atoms with Gasteiger partial charge in [-0.2, -0.15) is 4.31 Å². The summed E-state index contributed by atoms with van der Waals surface area (Å²) in [6.07, 6.45) is -5.52. The summed E-state index contributed by atoms with van der Waals surface area (Å²) in [7, 11) is -10.5. The third kappa shape index (κ3) is 4.81. The van der Waals surface area contributed by atoms with Crippen LogP contribution in [0.25, 0.3) is 0 Å². The van der Waals surface area contributed by atoms with Crippen LogP contribution in [0.5, 0.6) is 0 Å². The Morgan fingerprint density at radius 2 is 1.90 bits per heavy atom. The normalized spacial score (nSPS) is 38.5. The van der Waals surface area contributed by atoms with E-state index in [0.717, 1.165) is 0 Å². The van der Waals surface area contributed by atoms with Crippen molar-refractivity contribution >= 4 is 15.6 Å². The van der Waals surface area contributed by atoms with Crippen molar-refractivity contribution in [2.45, 2.75) is 30.6 Å². The molecule has 0 amide bonds. The third-order valence-corrected chi connectivity index (χ3v) is 4.59. The first-order valence-corrected chi connectivity index (χ1v) is 8.13. The minimum atomic E-state index is -5.30. The Morgan fingerprint density at radius 1 is 1.35 bits per heavy atom. The molecule has 0 aromatic heterocycles. The molecule has 8 N–H and O–H groups in total. The van der Waals surface area contributed by atoms with Gasteiger partial charge in [-0.05, 0) is 0 Å². The average molecular weight is 339 g/mol. The zero-order valence-corrected chi connectivity index (χ0v) is 11.6. The Morgan fingerprint density at radius 3 is 2.35 bits per heavy atom. The summed E-state index contributed by atoms with van der Waals surface area (Å²) in [6.45, 7) is -0.848. The molecule has 1 rings (SSSR count). The predicted octanol–water partition coefficient (Wildman–Crippen LogP) is -2.67. The molecule has 0 saturated carbocycles. The number of hydrogen-bond donors (Lipinski definition) is 7. The van der Waals surface area contributed by atoms with E-state index in [9.17, 15) is 19.3 Å². The van der Waals surface area contributed by atoms with Gasteiger partial charge in [-0.15, -0.1) is 0 Å². The van der Waals surface area contributed by atoms with Gasteiger partial charge in [0.1, 0.15) is 12.2 Å². The van der Waals surface area contributed by atoms with Crippen LogP contribution in [0.15, 0.2) is 0 Å². The average Bonchev–Trinajstić information content (AvgIpc) is 2.19. The third-order valence-electron chi connectivity index (χ3n) is 2.41. The molecule has 1 aliphatic rings. The second-order valence-electron chi connectivity index (χ2n) is 4.02. The fourth-order valence-corrected chi connectivity index (χ4v) is 3.15. The van der Waals surface area contributed by atoms with Crippen LogP contribution in [0, 0.1) is 0 Å². The van der Waals surface area contributed by atoms with Gasteiger partial charge in [0, 0.05) is 6.42 Å². The Kier molecular flexibility index (Phi) is 5.48. The molecule has 1 saturated heterocycles. The largest absolute Gasteiger partial charge is 0.483 e. The first-order valence-electron chi connectivity index (χ1n) is 5.11. The topological polar surface area (TPSA) is 209 Å². The molecular formula is C6H15NO11P2. The molecule has 1 aliphatic heterocycles. The lowest BCUT2D eigenvalue weighted by Crippen LogP contribution is -2.66. The summed E-state index contributed by atoms with van der Waals surface area (Å²) in [5, 5.41) is 28.1. The summed E-state index contributed by atoms with van der Waals surface area (Å²) in [5.41, 5.74) is 2.96. The Balaban J connectivity index is 2.75. The highest BCUT2D eigenvalue weighted by Crippen LogP contribution is 2.58. The van der Waals surface area contributed by atoms with E-state index in [1.165, 1.54) is 0 Å². The predicted molar refractivity (Wildman–Crippen MR) is 59.5 cm³/mol. The van der Waals surface area contributed by atoms with Crippen molar-refractivity contribution < 1.29 is 52.7 Å². The molecule has 12 nitrogen and oxygen atoms in total. The second kappa shape index (κ2) is 6.05. The Bertz CT molecular complexity index is 435. The maximum atomic E-state index is 11.3. The number of aliphatic hydroxyl groups excluding tert-OH is 2. The zero-order chi connectivity index (χ0) is 15.8. The van der Waals surface area contributed by atoms with Crippen molar-refractivity contribution in [2.75, 3.05) is 6.61 Å². The van der Waals surface area contributed by atoms with Gasteiger partial charge in [-0.1, -0.05) is 0 Å². The fraction of sp³-hybridized carbons (Fsp3) is 1.00. The maximum absolute atomic E-state index is 11.3. The van der Waals surface area contributed by atoms with E-state index in [0.29, 0.717) is 0 Å². The second-order valence-corrected chi connectivity index (χ2v) is 6.80. The molecular weight excluding hydrogens is 324 g/mol. The Labute approximate surface area is 112 Å². The van der Waals surface area contributed by atoms with Crippen molar-refractivity contribution in [3.63, 3.8) is 0 Å². The van der Waals surface area contributed by atoms with Crippen LogP contribution in [0.4, 0.5) is 0 Å². The van der Waals surface area contributed by atoms with E-state index in [1.54, 1.807) is 0 Å². The lowest BCUT2D eigenvalue weighted by atomic mass is 9.95. The van der Waals surface area contributed by atoms with Crippen molar-refractivity contribution in [3.05, 3.63) is 0 Å². The van der Waals surface area contributed by atoms with Crippen molar-refractivity contribution in [3.8, 4) is 0 Å². The molecule has 1 fully saturated rings. The summed E-state index contributed by atoms with van der Waals surface area (Å²) >= 11 is 0. The number of hydrogen-bond acceptors (Lipinski definition) is 9. The Hall–Kier alpha value is 0.0600.